The van der Waals surface area contributed by atoms with Gasteiger partial charge in [0.2, 0.25) is 0 Å². The van der Waals surface area contributed by atoms with Gasteiger partial charge in [-0.1, -0.05) is 6.42 Å². The van der Waals surface area contributed by atoms with Crippen molar-refractivity contribution < 1.29 is 49.1 Å². The first-order valence-corrected chi connectivity index (χ1v) is 10.2. The molecule has 0 fully saturated rings. The van der Waals surface area contributed by atoms with Gasteiger partial charge in [-0.2, -0.15) is 26.3 Å². The number of hydrogen-bond acceptors (Lipinski definition) is 3. The summed E-state index contributed by atoms with van der Waals surface area (Å²) in [4.78, 5) is 10.7. The summed E-state index contributed by atoms with van der Waals surface area (Å²) in [6.45, 7) is 0.312. The Morgan fingerprint density at radius 3 is 1.78 bits per heavy atom. The molecule has 0 aliphatic rings. The maximum Gasteiger partial charge on any atom is 0.400 e. The van der Waals surface area contributed by atoms with Gasteiger partial charge in [0.1, 0.15) is 9.84 Å². The van der Waals surface area contributed by atoms with Crippen molar-refractivity contribution in [1.82, 2.24) is 0 Å². The minimum absolute atomic E-state index is 0.119. The van der Waals surface area contributed by atoms with Crippen LogP contribution < -0.4 is 0 Å². The standard InChI is InChI=1S/C15H25F6NO4S/c1-22(2,11-13(23)24)8-4-6-10-27(25,26)9-5-3-7-12(14(16,17)18)15(19,20)21/h12H,3-11H2,1-2H3/p+1. The van der Waals surface area contributed by atoms with Crippen LogP contribution in [0.2, 0.25) is 0 Å². The average molecular weight is 430 g/mol. The molecule has 27 heavy (non-hydrogen) atoms. The van der Waals surface area contributed by atoms with E-state index in [1.54, 1.807) is 14.1 Å². The number of aliphatic carboxylic acids is 1. The molecule has 0 atom stereocenters. The van der Waals surface area contributed by atoms with Crippen LogP contribution >= 0.6 is 0 Å². The van der Waals surface area contributed by atoms with E-state index in [-0.39, 0.29) is 29.6 Å². The smallest absolute Gasteiger partial charge is 0.400 e. The molecule has 0 heterocycles. The predicted molar refractivity (Wildman–Crippen MR) is 86.8 cm³/mol. The fourth-order valence-corrected chi connectivity index (χ4v) is 4.08. The highest BCUT2D eigenvalue weighted by Crippen LogP contribution is 2.42. The number of nitrogens with zero attached hydrogens (tertiary/aromatic N) is 1. The van der Waals surface area contributed by atoms with Gasteiger partial charge in [-0.3, -0.25) is 0 Å². The number of hydrogen-bond donors (Lipinski definition) is 1. The van der Waals surface area contributed by atoms with E-state index in [0.29, 0.717) is 13.0 Å². The van der Waals surface area contributed by atoms with Crippen molar-refractivity contribution >= 4 is 15.8 Å². The Morgan fingerprint density at radius 1 is 0.926 bits per heavy atom. The number of carboxylic acids is 1. The molecule has 12 heteroatoms. The monoisotopic (exact) mass is 430 g/mol. The van der Waals surface area contributed by atoms with Crippen LogP contribution in [0.4, 0.5) is 26.3 Å². The summed E-state index contributed by atoms with van der Waals surface area (Å²) >= 11 is 0. The summed E-state index contributed by atoms with van der Waals surface area (Å²) in [5.74, 6) is -5.13. The van der Waals surface area contributed by atoms with Crippen molar-refractivity contribution in [3.8, 4) is 0 Å². The summed E-state index contributed by atoms with van der Waals surface area (Å²) in [5.41, 5.74) is 0. The van der Waals surface area contributed by atoms with Gasteiger partial charge >= 0.3 is 18.3 Å². The van der Waals surface area contributed by atoms with E-state index in [4.69, 9.17) is 5.11 Å². The van der Waals surface area contributed by atoms with Crippen LogP contribution in [0.3, 0.4) is 0 Å². The molecular weight excluding hydrogens is 404 g/mol. The molecule has 0 aliphatic carbocycles. The largest absolute Gasteiger partial charge is 0.477 e. The zero-order chi connectivity index (χ0) is 21.5. The van der Waals surface area contributed by atoms with Gasteiger partial charge in [0.05, 0.1) is 32.1 Å². The molecule has 0 saturated carbocycles. The minimum atomic E-state index is -5.40. The molecule has 0 aliphatic heterocycles. The second-order valence-electron chi connectivity index (χ2n) is 7.20. The number of likely N-dealkylation sites (N-methyl/N-ethyl adjacent to an activating group) is 1. The number of quaternary nitrogens is 1. The highest BCUT2D eigenvalue weighted by molar-refractivity contribution is 7.91. The van der Waals surface area contributed by atoms with Crippen LogP contribution in [0.25, 0.3) is 0 Å². The van der Waals surface area contributed by atoms with Crippen molar-refractivity contribution in [2.75, 3.05) is 38.7 Å². The predicted octanol–water partition coefficient (Wildman–Crippen LogP) is 3.25. The first-order valence-electron chi connectivity index (χ1n) is 8.34. The quantitative estimate of drug-likeness (QED) is 0.293. The number of unbranched alkanes of at least 4 members (excludes halogenated alkanes) is 2. The Hall–Kier alpha value is -1.04. The van der Waals surface area contributed by atoms with E-state index in [0.717, 1.165) is 0 Å². The van der Waals surface area contributed by atoms with Crippen LogP contribution in [-0.4, -0.2) is 75.0 Å². The van der Waals surface area contributed by atoms with Crippen molar-refractivity contribution in [3.63, 3.8) is 0 Å². The molecule has 0 saturated heterocycles. The fourth-order valence-electron chi connectivity index (χ4n) is 2.59. The van der Waals surface area contributed by atoms with Gasteiger partial charge in [0.25, 0.3) is 0 Å². The van der Waals surface area contributed by atoms with Gasteiger partial charge in [0.15, 0.2) is 12.5 Å². The van der Waals surface area contributed by atoms with Gasteiger partial charge in [-0.05, 0) is 25.7 Å². The van der Waals surface area contributed by atoms with Crippen molar-refractivity contribution in [2.24, 2.45) is 5.92 Å². The van der Waals surface area contributed by atoms with E-state index in [2.05, 4.69) is 0 Å². The summed E-state index contributed by atoms with van der Waals surface area (Å²) in [6, 6.07) is 0. The lowest BCUT2D eigenvalue weighted by Gasteiger charge is -2.27. The molecule has 0 aromatic carbocycles. The molecule has 0 bridgehead atoms. The van der Waals surface area contributed by atoms with Crippen LogP contribution in [0.15, 0.2) is 0 Å². The average Bonchev–Trinajstić information content (AvgIpc) is 2.39. The lowest BCUT2D eigenvalue weighted by molar-refractivity contribution is -0.883. The molecule has 0 radical (unpaired) electrons. The molecule has 162 valence electrons. The lowest BCUT2D eigenvalue weighted by atomic mass is 10.0. The minimum Gasteiger partial charge on any atom is -0.477 e. The van der Waals surface area contributed by atoms with Crippen molar-refractivity contribution in [2.45, 2.75) is 44.5 Å². The molecule has 0 aromatic heterocycles. The maximum absolute atomic E-state index is 12.4. The second-order valence-corrected chi connectivity index (χ2v) is 9.51. The normalized spacial score (nSPS) is 14.0. The Kier molecular flexibility index (Phi) is 9.56. The third-order valence-corrected chi connectivity index (χ3v) is 5.84. The Morgan fingerprint density at radius 2 is 1.37 bits per heavy atom. The number of rotatable bonds is 12. The van der Waals surface area contributed by atoms with E-state index in [9.17, 15) is 39.6 Å². The first kappa shape index (κ1) is 26.0. The molecule has 5 nitrogen and oxygen atoms in total. The molecule has 0 aromatic rings. The number of sulfone groups is 1. The van der Waals surface area contributed by atoms with Gasteiger partial charge < -0.3 is 9.59 Å². The Balaban J connectivity index is 4.26. The Labute approximate surface area is 154 Å². The van der Waals surface area contributed by atoms with Crippen molar-refractivity contribution in [1.29, 1.82) is 0 Å². The number of halogens is 6. The SMILES string of the molecule is C[N+](C)(CCCCS(=O)(=O)CCCCC(C(F)(F)F)C(F)(F)F)CC(=O)O. The van der Waals surface area contributed by atoms with Gasteiger partial charge in [-0.25, -0.2) is 13.2 Å². The van der Waals surface area contributed by atoms with Crippen LogP contribution in [0, 0.1) is 5.92 Å². The summed E-state index contributed by atoms with van der Waals surface area (Å²) in [5, 5.41) is 8.74. The van der Waals surface area contributed by atoms with Crippen LogP contribution in [0.1, 0.15) is 32.1 Å². The summed E-state index contributed by atoms with van der Waals surface area (Å²) < 4.78 is 98.1. The molecule has 0 rings (SSSR count). The van der Waals surface area contributed by atoms with Crippen molar-refractivity contribution in [3.05, 3.63) is 0 Å². The lowest BCUT2D eigenvalue weighted by Crippen LogP contribution is -2.44. The first-order chi connectivity index (χ1) is 12.0. The molecule has 0 unspecified atom stereocenters. The van der Waals surface area contributed by atoms with Crippen LogP contribution in [-0.2, 0) is 14.6 Å². The summed E-state index contributed by atoms with van der Waals surface area (Å²) in [6.07, 6.45) is -12.1. The second kappa shape index (κ2) is 9.94. The van der Waals surface area contributed by atoms with E-state index < -0.39 is 52.7 Å². The molecule has 0 spiro atoms. The van der Waals surface area contributed by atoms with Gasteiger partial charge in [-0.15, -0.1) is 0 Å². The number of carbonyl (C=O) groups is 1. The summed E-state index contributed by atoms with van der Waals surface area (Å²) in [7, 11) is -0.215. The maximum atomic E-state index is 12.4. The molecule has 1 N–H and O–H groups in total. The zero-order valence-electron chi connectivity index (χ0n) is 15.2. The molecular formula is C15H26F6NO4S+. The zero-order valence-corrected chi connectivity index (χ0v) is 16.1. The highest BCUT2D eigenvalue weighted by atomic mass is 32.2. The third kappa shape index (κ3) is 12.1. The van der Waals surface area contributed by atoms with E-state index in [1.807, 2.05) is 0 Å². The van der Waals surface area contributed by atoms with Crippen LogP contribution in [0.5, 0.6) is 0 Å². The molecule has 0 amide bonds. The highest BCUT2D eigenvalue weighted by Gasteiger charge is 2.55. The topological polar surface area (TPSA) is 71.4 Å². The fraction of sp³-hybridized carbons (Fsp3) is 0.933. The van der Waals surface area contributed by atoms with E-state index >= 15 is 0 Å². The number of alkyl halides is 6. The third-order valence-electron chi connectivity index (χ3n) is 4.02. The Bertz CT molecular complexity index is 558. The number of carboxylic acid groups (broad SMARTS) is 1. The van der Waals surface area contributed by atoms with Gasteiger partial charge in [0, 0.05) is 0 Å². The van der Waals surface area contributed by atoms with E-state index in [1.165, 1.54) is 0 Å².